The first-order valence-electron chi connectivity index (χ1n) is 9.28. The molecule has 132 valence electrons. The fourth-order valence-corrected chi connectivity index (χ4v) is 4.07. The number of likely N-dealkylation sites (tertiary alicyclic amines) is 1. The van der Waals surface area contributed by atoms with E-state index >= 15 is 0 Å². The Morgan fingerprint density at radius 1 is 1.21 bits per heavy atom. The molecule has 3 rings (SSSR count). The van der Waals surface area contributed by atoms with Crippen molar-refractivity contribution in [3.05, 3.63) is 29.3 Å². The van der Waals surface area contributed by atoms with E-state index in [0.29, 0.717) is 18.0 Å². The van der Waals surface area contributed by atoms with Gasteiger partial charge in [-0.3, -0.25) is 4.79 Å². The standard InChI is InChI=1S/C20H30N2O2/c1-14(2)20(23)22-11-9-16(10-12-22)21-17-7-8-18-15(13-17)5-4-6-19(18)24-3/h4-6,14,16-17,21H,7-13H2,1-3H3. The molecule has 1 aromatic carbocycles. The monoisotopic (exact) mass is 330 g/mol. The highest BCUT2D eigenvalue weighted by Crippen LogP contribution is 2.30. The molecule has 1 amide bonds. The van der Waals surface area contributed by atoms with Crippen LogP contribution in [0.1, 0.15) is 44.2 Å². The second-order valence-corrected chi connectivity index (χ2v) is 7.46. The second-order valence-electron chi connectivity index (χ2n) is 7.46. The Labute approximate surface area is 145 Å². The van der Waals surface area contributed by atoms with Gasteiger partial charge in [-0.2, -0.15) is 0 Å². The van der Waals surface area contributed by atoms with Gasteiger partial charge in [-0.25, -0.2) is 0 Å². The van der Waals surface area contributed by atoms with Crippen LogP contribution in [0.3, 0.4) is 0 Å². The summed E-state index contributed by atoms with van der Waals surface area (Å²) in [5.41, 5.74) is 2.81. The predicted molar refractivity (Wildman–Crippen MR) is 96.4 cm³/mol. The molecule has 1 aromatic rings. The summed E-state index contributed by atoms with van der Waals surface area (Å²) in [6.07, 6.45) is 5.47. The van der Waals surface area contributed by atoms with Crippen molar-refractivity contribution >= 4 is 5.91 Å². The lowest BCUT2D eigenvalue weighted by molar-refractivity contribution is -0.135. The SMILES string of the molecule is COc1cccc2c1CCC(NC1CCN(C(=O)C(C)C)CC1)C2. The fraction of sp³-hybridized carbons (Fsp3) is 0.650. The summed E-state index contributed by atoms with van der Waals surface area (Å²) in [6, 6.07) is 7.47. The number of hydrogen-bond acceptors (Lipinski definition) is 3. The number of fused-ring (bicyclic) bond motifs is 1. The van der Waals surface area contributed by atoms with Gasteiger partial charge in [-0.05, 0) is 49.3 Å². The molecule has 1 atom stereocenters. The second kappa shape index (κ2) is 7.56. The minimum absolute atomic E-state index is 0.110. The van der Waals surface area contributed by atoms with Crippen LogP contribution >= 0.6 is 0 Å². The fourth-order valence-electron chi connectivity index (χ4n) is 4.07. The Morgan fingerprint density at radius 2 is 1.96 bits per heavy atom. The summed E-state index contributed by atoms with van der Waals surface area (Å²) >= 11 is 0. The third kappa shape index (κ3) is 3.75. The van der Waals surface area contributed by atoms with Crippen LogP contribution in [0.4, 0.5) is 0 Å². The van der Waals surface area contributed by atoms with Gasteiger partial charge in [-0.15, -0.1) is 0 Å². The number of nitrogens with one attached hydrogen (secondary N) is 1. The Morgan fingerprint density at radius 3 is 2.62 bits per heavy atom. The van der Waals surface area contributed by atoms with Gasteiger partial charge >= 0.3 is 0 Å². The maximum Gasteiger partial charge on any atom is 0.225 e. The highest BCUT2D eigenvalue weighted by Gasteiger charge is 2.27. The number of rotatable bonds is 4. The molecule has 0 radical (unpaired) electrons. The minimum atomic E-state index is 0.110. The topological polar surface area (TPSA) is 41.6 Å². The average Bonchev–Trinajstić information content (AvgIpc) is 2.61. The highest BCUT2D eigenvalue weighted by atomic mass is 16.5. The first-order valence-corrected chi connectivity index (χ1v) is 9.28. The van der Waals surface area contributed by atoms with E-state index in [0.717, 1.165) is 44.5 Å². The van der Waals surface area contributed by atoms with Crippen LogP contribution in [0, 0.1) is 5.92 Å². The van der Waals surface area contributed by atoms with Gasteiger partial charge in [0.25, 0.3) is 0 Å². The van der Waals surface area contributed by atoms with Gasteiger partial charge in [0.1, 0.15) is 5.75 Å². The molecule has 0 spiro atoms. The smallest absolute Gasteiger partial charge is 0.225 e. The average molecular weight is 330 g/mol. The van der Waals surface area contributed by atoms with Gasteiger partial charge in [0.15, 0.2) is 0 Å². The van der Waals surface area contributed by atoms with Gasteiger partial charge < -0.3 is 15.0 Å². The summed E-state index contributed by atoms with van der Waals surface area (Å²) in [5.74, 6) is 1.44. The lowest BCUT2D eigenvalue weighted by atomic mass is 9.87. The molecule has 1 aliphatic carbocycles. The number of piperidine rings is 1. The summed E-state index contributed by atoms with van der Waals surface area (Å²) in [4.78, 5) is 14.1. The van der Waals surface area contributed by atoms with Crippen LogP contribution in [0.2, 0.25) is 0 Å². The molecular weight excluding hydrogens is 300 g/mol. The maximum atomic E-state index is 12.1. The van der Waals surface area contributed by atoms with Crippen LogP contribution in [-0.4, -0.2) is 43.1 Å². The molecule has 1 unspecified atom stereocenters. The Balaban J connectivity index is 1.52. The normalized spacial score (nSPS) is 21.7. The number of carbonyl (C=O) groups excluding carboxylic acids is 1. The van der Waals surface area contributed by atoms with Crippen molar-refractivity contribution in [2.45, 2.75) is 58.0 Å². The first kappa shape index (κ1) is 17.3. The summed E-state index contributed by atoms with van der Waals surface area (Å²) in [6.45, 7) is 5.76. The third-order valence-electron chi connectivity index (χ3n) is 5.43. The summed E-state index contributed by atoms with van der Waals surface area (Å²) < 4.78 is 5.49. The number of nitrogens with zero attached hydrogens (tertiary/aromatic N) is 1. The summed E-state index contributed by atoms with van der Waals surface area (Å²) in [5, 5.41) is 3.85. The lowest BCUT2D eigenvalue weighted by Gasteiger charge is -2.36. The summed E-state index contributed by atoms with van der Waals surface area (Å²) in [7, 11) is 1.76. The number of carbonyl (C=O) groups is 1. The molecular formula is C20H30N2O2. The van der Waals surface area contributed by atoms with Gasteiger partial charge in [0.05, 0.1) is 7.11 Å². The quantitative estimate of drug-likeness (QED) is 0.923. The zero-order valence-electron chi connectivity index (χ0n) is 15.2. The van der Waals surface area contributed by atoms with Crippen LogP contribution in [0.5, 0.6) is 5.75 Å². The van der Waals surface area contributed by atoms with Crippen molar-refractivity contribution in [1.82, 2.24) is 10.2 Å². The number of ether oxygens (including phenoxy) is 1. The zero-order chi connectivity index (χ0) is 17.1. The van der Waals surface area contributed by atoms with E-state index in [4.69, 9.17) is 4.74 Å². The predicted octanol–water partition coefficient (Wildman–Crippen LogP) is 2.79. The van der Waals surface area contributed by atoms with Crippen molar-refractivity contribution in [3.63, 3.8) is 0 Å². The molecule has 1 N–H and O–H groups in total. The molecule has 1 heterocycles. The molecule has 0 aromatic heterocycles. The lowest BCUT2D eigenvalue weighted by Crippen LogP contribution is -2.49. The van der Waals surface area contributed by atoms with E-state index in [2.05, 4.69) is 23.5 Å². The molecule has 1 fully saturated rings. The highest BCUT2D eigenvalue weighted by molar-refractivity contribution is 5.78. The van der Waals surface area contributed by atoms with Crippen LogP contribution < -0.4 is 10.1 Å². The van der Waals surface area contributed by atoms with E-state index in [1.807, 2.05) is 18.7 Å². The van der Waals surface area contributed by atoms with Crippen molar-refractivity contribution < 1.29 is 9.53 Å². The van der Waals surface area contributed by atoms with Gasteiger partial charge in [-0.1, -0.05) is 26.0 Å². The molecule has 1 aliphatic heterocycles. The van der Waals surface area contributed by atoms with Crippen molar-refractivity contribution in [2.75, 3.05) is 20.2 Å². The molecule has 4 nitrogen and oxygen atoms in total. The Hall–Kier alpha value is -1.55. The Bertz CT molecular complexity index is 577. The van der Waals surface area contributed by atoms with Crippen molar-refractivity contribution in [2.24, 2.45) is 5.92 Å². The largest absolute Gasteiger partial charge is 0.496 e. The molecule has 0 saturated carbocycles. The molecule has 24 heavy (non-hydrogen) atoms. The first-order chi connectivity index (χ1) is 11.6. The number of hydrogen-bond donors (Lipinski definition) is 1. The van der Waals surface area contributed by atoms with E-state index < -0.39 is 0 Å². The molecule has 1 saturated heterocycles. The number of amides is 1. The Kier molecular flexibility index (Phi) is 5.44. The molecule has 0 bridgehead atoms. The van der Waals surface area contributed by atoms with Crippen LogP contribution in [0.25, 0.3) is 0 Å². The molecule has 4 heteroatoms. The van der Waals surface area contributed by atoms with Crippen molar-refractivity contribution in [1.29, 1.82) is 0 Å². The minimum Gasteiger partial charge on any atom is -0.496 e. The maximum absolute atomic E-state index is 12.1. The van der Waals surface area contributed by atoms with Crippen molar-refractivity contribution in [3.8, 4) is 5.75 Å². The van der Waals surface area contributed by atoms with E-state index in [1.54, 1.807) is 7.11 Å². The third-order valence-corrected chi connectivity index (χ3v) is 5.43. The van der Waals surface area contributed by atoms with E-state index in [-0.39, 0.29) is 5.92 Å². The van der Waals surface area contributed by atoms with Gasteiger partial charge in [0, 0.05) is 31.1 Å². The number of benzene rings is 1. The molecule has 2 aliphatic rings. The van der Waals surface area contributed by atoms with E-state index in [9.17, 15) is 4.79 Å². The van der Waals surface area contributed by atoms with E-state index in [1.165, 1.54) is 17.5 Å². The van der Waals surface area contributed by atoms with Crippen LogP contribution in [0.15, 0.2) is 18.2 Å². The number of methoxy groups -OCH3 is 1. The van der Waals surface area contributed by atoms with Crippen LogP contribution in [-0.2, 0) is 17.6 Å². The van der Waals surface area contributed by atoms with Gasteiger partial charge in [0.2, 0.25) is 5.91 Å². The zero-order valence-corrected chi connectivity index (χ0v) is 15.2.